The highest BCUT2D eigenvalue weighted by Crippen LogP contribution is 2.20. The van der Waals surface area contributed by atoms with E-state index in [9.17, 15) is 24.6 Å². The molecular formula is C16H18N2O6. The third-order valence-corrected chi connectivity index (χ3v) is 3.40. The number of ether oxygens (including phenoxy) is 1. The van der Waals surface area contributed by atoms with Crippen LogP contribution in [0.2, 0.25) is 0 Å². The van der Waals surface area contributed by atoms with Crippen LogP contribution < -0.4 is 5.32 Å². The first-order valence-corrected chi connectivity index (χ1v) is 7.22. The maximum absolute atomic E-state index is 11.6. The van der Waals surface area contributed by atoms with Crippen LogP contribution in [-0.4, -0.2) is 40.4 Å². The van der Waals surface area contributed by atoms with Crippen LogP contribution in [0.5, 0.6) is 0 Å². The molecule has 0 bridgehead atoms. The Morgan fingerprint density at radius 1 is 1.21 bits per heavy atom. The number of nitriles is 1. The van der Waals surface area contributed by atoms with Gasteiger partial charge in [-0.3, -0.25) is 5.32 Å². The van der Waals surface area contributed by atoms with Gasteiger partial charge in [-0.2, -0.15) is 5.26 Å². The first-order valence-electron chi connectivity index (χ1n) is 7.22. The second-order valence-electron chi connectivity index (χ2n) is 4.96. The van der Waals surface area contributed by atoms with Gasteiger partial charge in [0.05, 0.1) is 12.7 Å². The predicted molar refractivity (Wildman–Crippen MR) is 82.2 cm³/mol. The van der Waals surface area contributed by atoms with Crippen LogP contribution in [0.1, 0.15) is 24.5 Å². The number of benzene rings is 1. The maximum atomic E-state index is 11.6. The average molecular weight is 334 g/mol. The number of carbonyl (C=O) groups excluding carboxylic acids is 1. The third-order valence-electron chi connectivity index (χ3n) is 3.40. The maximum Gasteiger partial charge on any atom is 0.408 e. The number of carbonyl (C=O) groups is 3. The zero-order valence-electron chi connectivity index (χ0n) is 13.1. The van der Waals surface area contributed by atoms with E-state index in [1.807, 2.05) is 11.4 Å². The van der Waals surface area contributed by atoms with Gasteiger partial charge in [0.15, 0.2) is 0 Å². The number of nitrogens with zero attached hydrogens (tertiary/aromatic N) is 1. The fraction of sp³-hybridized carbons (Fsp3) is 0.375. The summed E-state index contributed by atoms with van der Waals surface area (Å²) in [5.41, 5.74) is -1.49. The number of hydrogen-bond donors (Lipinski definition) is 3. The topological polar surface area (TPSA) is 137 Å². The molecule has 0 aliphatic rings. The fourth-order valence-electron chi connectivity index (χ4n) is 2.19. The van der Waals surface area contributed by atoms with Crippen molar-refractivity contribution in [3.8, 4) is 6.07 Å². The van der Waals surface area contributed by atoms with Gasteiger partial charge in [0.1, 0.15) is 0 Å². The lowest BCUT2D eigenvalue weighted by atomic mass is 9.87. The van der Waals surface area contributed by atoms with E-state index in [1.54, 1.807) is 24.3 Å². The average Bonchev–Trinajstić information content (AvgIpc) is 2.53. The summed E-state index contributed by atoms with van der Waals surface area (Å²) in [6.07, 6.45) is -1.05. The molecule has 1 amide bonds. The third kappa shape index (κ3) is 4.46. The molecule has 8 nitrogen and oxygen atoms in total. The molecule has 0 heterocycles. The molecule has 0 saturated heterocycles. The minimum absolute atomic E-state index is 0.0279. The number of carboxylic acid groups (broad SMARTS) is 2. The van der Waals surface area contributed by atoms with Gasteiger partial charge in [-0.25, -0.2) is 14.4 Å². The normalized spacial score (nSPS) is 10.5. The fourth-order valence-corrected chi connectivity index (χ4v) is 2.19. The zero-order chi connectivity index (χ0) is 18.2. The van der Waals surface area contributed by atoms with E-state index in [1.165, 1.54) is 6.92 Å². The van der Waals surface area contributed by atoms with Crippen molar-refractivity contribution < 1.29 is 29.3 Å². The van der Waals surface area contributed by atoms with Gasteiger partial charge in [-0.1, -0.05) is 24.3 Å². The van der Waals surface area contributed by atoms with E-state index in [0.717, 1.165) is 0 Å². The van der Waals surface area contributed by atoms with Gasteiger partial charge in [0.25, 0.3) is 0 Å². The van der Waals surface area contributed by atoms with Crippen molar-refractivity contribution in [3.63, 3.8) is 0 Å². The van der Waals surface area contributed by atoms with Crippen molar-refractivity contribution in [3.05, 3.63) is 35.4 Å². The van der Waals surface area contributed by atoms with Crippen molar-refractivity contribution in [2.24, 2.45) is 0 Å². The van der Waals surface area contributed by atoms with Crippen molar-refractivity contribution in [2.45, 2.75) is 31.7 Å². The molecule has 1 aromatic carbocycles. The summed E-state index contributed by atoms with van der Waals surface area (Å²) in [6, 6.07) is 8.57. The van der Waals surface area contributed by atoms with Gasteiger partial charge in [0, 0.05) is 12.8 Å². The van der Waals surface area contributed by atoms with E-state index >= 15 is 0 Å². The molecule has 1 aromatic rings. The highest BCUT2D eigenvalue weighted by molar-refractivity contribution is 6.06. The Morgan fingerprint density at radius 2 is 1.79 bits per heavy atom. The number of amides is 1. The quantitative estimate of drug-likeness (QED) is 0.610. The summed E-state index contributed by atoms with van der Waals surface area (Å²) in [4.78, 5) is 34.9. The van der Waals surface area contributed by atoms with E-state index in [2.05, 4.69) is 4.74 Å². The molecule has 3 N–H and O–H groups in total. The summed E-state index contributed by atoms with van der Waals surface area (Å²) in [5, 5.41) is 29.5. The largest absolute Gasteiger partial charge is 0.479 e. The molecule has 0 aromatic heterocycles. The Morgan fingerprint density at radius 3 is 2.29 bits per heavy atom. The molecule has 0 aliphatic heterocycles. The minimum Gasteiger partial charge on any atom is -0.479 e. The smallest absolute Gasteiger partial charge is 0.408 e. The predicted octanol–water partition coefficient (Wildman–Crippen LogP) is 1.34. The lowest BCUT2D eigenvalue weighted by Gasteiger charge is -2.26. The van der Waals surface area contributed by atoms with E-state index < -0.39 is 30.0 Å². The summed E-state index contributed by atoms with van der Waals surface area (Å²) >= 11 is 0. The molecule has 0 aliphatic carbocycles. The summed E-state index contributed by atoms with van der Waals surface area (Å²) < 4.78 is 4.61. The van der Waals surface area contributed by atoms with Crippen LogP contribution >= 0.6 is 0 Å². The van der Waals surface area contributed by atoms with Gasteiger partial charge >= 0.3 is 18.0 Å². The second-order valence-corrected chi connectivity index (χ2v) is 4.96. The SMILES string of the molecule is CCOC(=O)NC(Cc1ccccc1CCC#N)(C(=O)O)C(=O)O. The Balaban J connectivity index is 3.23. The summed E-state index contributed by atoms with van der Waals surface area (Å²) in [6.45, 7) is 1.49. The van der Waals surface area contributed by atoms with Crippen LogP contribution in [0.3, 0.4) is 0 Å². The van der Waals surface area contributed by atoms with Crippen molar-refractivity contribution >= 4 is 18.0 Å². The standard InChI is InChI=1S/C16H18N2O6/c1-2-24-15(23)18-16(13(19)20,14(21)22)10-12-7-4-3-6-11(12)8-5-9-17/h3-4,6-7H,2,5,8,10H2,1H3,(H,18,23)(H,19,20)(H,21,22). The molecule has 0 spiro atoms. The number of rotatable bonds is 8. The van der Waals surface area contributed by atoms with Gasteiger partial charge in [-0.15, -0.1) is 0 Å². The Hall–Kier alpha value is -3.08. The highest BCUT2D eigenvalue weighted by Gasteiger charge is 2.49. The number of aliphatic carboxylic acids is 2. The van der Waals surface area contributed by atoms with Crippen molar-refractivity contribution in [2.75, 3.05) is 6.61 Å². The molecule has 128 valence electrons. The molecule has 0 saturated carbocycles. The van der Waals surface area contributed by atoms with Crippen LogP contribution in [-0.2, 0) is 27.2 Å². The summed E-state index contributed by atoms with van der Waals surface area (Å²) in [5.74, 6) is -3.42. The number of hydrogen-bond acceptors (Lipinski definition) is 5. The van der Waals surface area contributed by atoms with Crippen molar-refractivity contribution in [1.82, 2.24) is 5.32 Å². The lowest BCUT2D eigenvalue weighted by molar-refractivity contribution is -0.158. The molecule has 0 fully saturated rings. The zero-order valence-corrected chi connectivity index (χ0v) is 13.1. The first-order chi connectivity index (χ1) is 11.4. The molecule has 8 heteroatoms. The highest BCUT2D eigenvalue weighted by atomic mass is 16.5. The number of aryl methyl sites for hydroxylation is 1. The molecule has 0 atom stereocenters. The Bertz CT molecular complexity index is 651. The molecule has 0 radical (unpaired) electrons. The van der Waals surface area contributed by atoms with Crippen LogP contribution in [0.25, 0.3) is 0 Å². The molecule has 24 heavy (non-hydrogen) atoms. The van der Waals surface area contributed by atoms with Crippen LogP contribution in [0, 0.1) is 11.3 Å². The van der Waals surface area contributed by atoms with Crippen molar-refractivity contribution in [1.29, 1.82) is 5.26 Å². The summed E-state index contributed by atoms with van der Waals surface area (Å²) in [7, 11) is 0. The van der Waals surface area contributed by atoms with E-state index in [0.29, 0.717) is 17.5 Å². The lowest BCUT2D eigenvalue weighted by Crippen LogP contribution is -2.61. The molecular weight excluding hydrogens is 316 g/mol. The van der Waals surface area contributed by atoms with Crippen LogP contribution in [0.4, 0.5) is 4.79 Å². The second kappa shape index (κ2) is 8.53. The molecule has 0 unspecified atom stereocenters. The number of nitrogens with one attached hydrogen (secondary N) is 1. The number of alkyl carbamates (subject to hydrolysis) is 1. The first kappa shape index (κ1) is 19.0. The number of carboxylic acids is 2. The van der Waals surface area contributed by atoms with Gasteiger partial charge in [0.2, 0.25) is 5.54 Å². The van der Waals surface area contributed by atoms with Gasteiger partial charge < -0.3 is 14.9 Å². The molecule has 1 rings (SSSR count). The monoisotopic (exact) mass is 334 g/mol. The van der Waals surface area contributed by atoms with Crippen LogP contribution in [0.15, 0.2) is 24.3 Å². The van der Waals surface area contributed by atoms with Gasteiger partial charge in [-0.05, 0) is 24.5 Å². The Labute approximate surface area is 138 Å². The minimum atomic E-state index is -2.56. The Kier molecular flexibility index (Phi) is 6.74. The van der Waals surface area contributed by atoms with E-state index in [4.69, 9.17) is 5.26 Å². The van der Waals surface area contributed by atoms with E-state index in [-0.39, 0.29) is 13.0 Å².